The molecule has 0 radical (unpaired) electrons. The molecule has 104 heavy (non-hydrogen) atoms. The lowest BCUT2D eigenvalue weighted by Gasteiger charge is -2.34. The Kier molecular flexibility index (Phi) is 29.9. The number of amides is 11. The highest BCUT2D eigenvalue weighted by Gasteiger charge is 2.42. The molecule has 32 heteroatoms. The van der Waals surface area contributed by atoms with Crippen LogP contribution in [0.2, 0.25) is 0 Å². The van der Waals surface area contributed by atoms with Crippen LogP contribution in [0.5, 0.6) is 0 Å². The minimum atomic E-state index is -2.18. The van der Waals surface area contributed by atoms with Crippen molar-refractivity contribution in [2.24, 2.45) is 11.5 Å². The zero-order valence-electron chi connectivity index (χ0n) is 57.9. The molecule has 0 aliphatic carbocycles. The van der Waals surface area contributed by atoms with Gasteiger partial charge in [0, 0.05) is 37.6 Å². The van der Waals surface area contributed by atoms with Crippen LogP contribution in [0.4, 0.5) is 0 Å². The van der Waals surface area contributed by atoms with Crippen LogP contribution in [0, 0.1) is 13.8 Å². The van der Waals surface area contributed by atoms with Gasteiger partial charge in [-0.05, 0) is 91.6 Å². The molecule has 12 atom stereocenters. The number of carboxylic acid groups (broad SMARTS) is 2. The molecule has 6 aromatic rings. The van der Waals surface area contributed by atoms with E-state index in [-0.39, 0.29) is 25.7 Å². The van der Waals surface area contributed by atoms with E-state index in [0.717, 1.165) is 47.2 Å². The Balaban J connectivity index is 1.14. The van der Waals surface area contributed by atoms with Gasteiger partial charge in [-0.1, -0.05) is 127 Å². The third kappa shape index (κ3) is 24.2. The second-order valence-corrected chi connectivity index (χ2v) is 25.3. The van der Waals surface area contributed by atoms with Crippen LogP contribution in [-0.2, 0) is 88.0 Å². The van der Waals surface area contributed by atoms with Crippen LogP contribution < -0.4 is 64.6 Å². The van der Waals surface area contributed by atoms with Crippen LogP contribution in [0.15, 0.2) is 140 Å². The standard InChI is InChI=1S/C72H88N14O18/c1-38-14-10-12-18-49(38)46-24-20-43(21-25-46)28-52(62(74)95)79-66(99)53(29-44-22-26-47(27-23-44)50-19-13-11-15-39(50)2)81-67(100)55(32-59(93)94)82-68(101)56(36-87)83-69(102)60(41(4)88)85-71(104)72(6,33-45-16-8-7-9-17-45)86-70(103)61(42(5)89)84-57(90)35-76-65(98)54(31-58(91)92)80-63(96)40(3)78-64(97)51(73)30-48-34-75-37-77-48/h7-27,34,37,40-42,51-56,60-61,87-89H,28-33,35-36,73H2,1-6H3,(H2,74,95)(H,75,77)(H,76,98)(H,78,97)(H,79,99)(H,80,96)(H,81,100)(H,82,101)(H,83,102)(H,84,90)(H,85,104)(H,86,103)(H,91,92)(H,93,94)/t40-,41-,42-,51+,52+,53+,54+,55+,56+,60+,61+,72+/m1/s1. The minimum Gasteiger partial charge on any atom is -0.481 e. The fourth-order valence-electron chi connectivity index (χ4n) is 10.9. The number of carbonyl (C=O) groups excluding carboxylic acids is 11. The first-order chi connectivity index (χ1) is 49.2. The molecule has 0 saturated carbocycles. The van der Waals surface area contributed by atoms with Gasteiger partial charge in [0.15, 0.2) is 0 Å². The number of hydrogen-bond donors (Lipinski definition) is 18. The van der Waals surface area contributed by atoms with Crippen molar-refractivity contribution in [3.63, 3.8) is 0 Å². The maximum atomic E-state index is 14.6. The molecule has 5 aromatic carbocycles. The number of imidazole rings is 1. The summed E-state index contributed by atoms with van der Waals surface area (Å²) in [5, 5.41) is 75.2. The summed E-state index contributed by atoms with van der Waals surface area (Å²) in [6.45, 7) is 6.22. The zero-order chi connectivity index (χ0) is 76.5. The number of aliphatic carboxylic acids is 2. The quantitative estimate of drug-likeness (QED) is 0.0200. The summed E-state index contributed by atoms with van der Waals surface area (Å²) in [5.74, 6) is -15.6. The number of nitrogens with zero attached hydrogens (tertiary/aromatic N) is 1. The lowest BCUT2D eigenvalue weighted by Crippen LogP contribution is -2.67. The number of primary amides is 1. The Bertz CT molecular complexity index is 4030. The molecular formula is C72H88N14O18. The van der Waals surface area contributed by atoms with Crippen LogP contribution in [0.3, 0.4) is 0 Å². The summed E-state index contributed by atoms with van der Waals surface area (Å²) < 4.78 is 0. The fraction of sp³-hybridized carbons (Fsp3) is 0.361. The second kappa shape index (κ2) is 38.3. The molecule has 554 valence electrons. The molecule has 11 amide bonds. The van der Waals surface area contributed by atoms with Crippen molar-refractivity contribution in [3.8, 4) is 22.3 Å². The van der Waals surface area contributed by atoms with Crippen LogP contribution >= 0.6 is 0 Å². The largest absolute Gasteiger partial charge is 0.481 e. The van der Waals surface area contributed by atoms with Gasteiger partial charge in [-0.25, -0.2) is 4.98 Å². The Morgan fingerprint density at radius 1 is 0.500 bits per heavy atom. The normalized spacial score (nSPS) is 14.8. The Hall–Kier alpha value is -11.7. The van der Waals surface area contributed by atoms with Gasteiger partial charge in [0.05, 0.1) is 50.6 Å². The van der Waals surface area contributed by atoms with Crippen molar-refractivity contribution < 1.29 is 87.9 Å². The highest BCUT2D eigenvalue weighted by atomic mass is 16.4. The van der Waals surface area contributed by atoms with E-state index < -0.39 is 175 Å². The van der Waals surface area contributed by atoms with Crippen molar-refractivity contribution in [1.82, 2.24) is 63.1 Å². The van der Waals surface area contributed by atoms with Crippen molar-refractivity contribution >= 4 is 76.9 Å². The topological polar surface area (TPSA) is 524 Å². The summed E-state index contributed by atoms with van der Waals surface area (Å²) in [6, 6.07) is 22.2. The lowest BCUT2D eigenvalue weighted by atomic mass is 9.90. The molecule has 0 aliphatic heterocycles. The number of aliphatic hydroxyl groups is 3. The van der Waals surface area contributed by atoms with E-state index in [1.807, 2.05) is 74.5 Å². The van der Waals surface area contributed by atoms with Crippen molar-refractivity contribution in [1.29, 1.82) is 0 Å². The smallest absolute Gasteiger partial charge is 0.305 e. The lowest BCUT2D eigenvalue weighted by molar-refractivity contribution is -0.142. The molecule has 20 N–H and O–H groups in total. The maximum Gasteiger partial charge on any atom is 0.305 e. The number of aryl methyl sites for hydroxylation is 2. The van der Waals surface area contributed by atoms with Crippen LogP contribution in [0.1, 0.15) is 74.0 Å². The van der Waals surface area contributed by atoms with Crippen molar-refractivity contribution in [3.05, 3.63) is 173 Å². The molecule has 6 rings (SSSR count). The summed E-state index contributed by atoms with van der Waals surface area (Å²) in [6.07, 6.45) is -3.62. The Labute approximate surface area is 598 Å². The summed E-state index contributed by atoms with van der Waals surface area (Å²) in [7, 11) is 0. The number of nitrogens with one attached hydrogen (secondary N) is 11. The minimum absolute atomic E-state index is 0.0205. The molecular weight excluding hydrogens is 1350 g/mol. The van der Waals surface area contributed by atoms with Gasteiger partial charge in [0.1, 0.15) is 53.9 Å². The van der Waals surface area contributed by atoms with Gasteiger partial charge >= 0.3 is 11.9 Å². The van der Waals surface area contributed by atoms with Crippen LogP contribution in [-0.4, -0.2) is 198 Å². The van der Waals surface area contributed by atoms with Gasteiger partial charge in [-0.3, -0.25) is 62.3 Å². The van der Waals surface area contributed by atoms with Crippen LogP contribution in [0.25, 0.3) is 22.3 Å². The number of carboxylic acids is 2. The summed E-state index contributed by atoms with van der Waals surface area (Å²) in [5.41, 5.74) is 17.2. The highest BCUT2D eigenvalue weighted by molar-refractivity contribution is 6.01. The van der Waals surface area contributed by atoms with E-state index in [9.17, 15) is 87.9 Å². The fourth-order valence-corrected chi connectivity index (χ4v) is 10.9. The number of rotatable bonds is 38. The van der Waals surface area contributed by atoms with E-state index in [1.165, 1.54) is 26.4 Å². The van der Waals surface area contributed by atoms with E-state index in [4.69, 9.17) is 11.5 Å². The van der Waals surface area contributed by atoms with Gasteiger partial charge in [-0.2, -0.15) is 0 Å². The van der Waals surface area contributed by atoms with E-state index in [0.29, 0.717) is 22.4 Å². The van der Waals surface area contributed by atoms with Gasteiger partial charge in [0.2, 0.25) is 65.0 Å². The van der Waals surface area contributed by atoms with Crippen molar-refractivity contribution in [2.45, 2.75) is 152 Å². The third-order valence-corrected chi connectivity index (χ3v) is 16.8. The summed E-state index contributed by atoms with van der Waals surface area (Å²) >= 11 is 0. The number of aromatic amines is 1. The first-order valence-electron chi connectivity index (χ1n) is 33.0. The second-order valence-electron chi connectivity index (χ2n) is 25.3. The van der Waals surface area contributed by atoms with Gasteiger partial charge < -0.3 is 95.2 Å². The molecule has 0 fully saturated rings. The Morgan fingerprint density at radius 3 is 1.46 bits per heavy atom. The number of nitrogens with two attached hydrogens (primary N) is 2. The first-order valence-corrected chi connectivity index (χ1v) is 33.0. The molecule has 0 bridgehead atoms. The average Bonchev–Trinajstić information content (AvgIpc) is 0.847. The van der Waals surface area contributed by atoms with E-state index in [2.05, 4.69) is 63.1 Å². The zero-order valence-corrected chi connectivity index (χ0v) is 57.9. The average molecular weight is 1440 g/mol. The molecule has 0 aliphatic rings. The summed E-state index contributed by atoms with van der Waals surface area (Å²) in [4.78, 5) is 182. The molecule has 0 spiro atoms. The monoisotopic (exact) mass is 1440 g/mol. The number of aromatic nitrogens is 2. The third-order valence-electron chi connectivity index (χ3n) is 16.8. The number of H-pyrrole nitrogens is 1. The molecule has 0 saturated heterocycles. The number of carbonyl (C=O) groups is 13. The molecule has 0 unspecified atom stereocenters. The van der Waals surface area contributed by atoms with E-state index in [1.54, 1.807) is 66.7 Å². The molecule has 32 nitrogen and oxygen atoms in total. The molecule has 1 aromatic heterocycles. The maximum absolute atomic E-state index is 14.6. The van der Waals surface area contributed by atoms with E-state index >= 15 is 0 Å². The predicted octanol–water partition coefficient (Wildman–Crippen LogP) is -1.96. The van der Waals surface area contributed by atoms with Gasteiger partial charge in [0.25, 0.3) is 0 Å². The number of hydrogen-bond acceptors (Lipinski definition) is 18. The van der Waals surface area contributed by atoms with Gasteiger partial charge in [-0.15, -0.1) is 0 Å². The first kappa shape index (κ1) is 81.2. The predicted molar refractivity (Wildman–Crippen MR) is 376 cm³/mol. The van der Waals surface area contributed by atoms with Crippen molar-refractivity contribution in [2.75, 3.05) is 13.2 Å². The highest BCUT2D eigenvalue weighted by Crippen LogP contribution is 2.26. The SMILES string of the molecule is Cc1ccccc1-c1ccc(C[C@H](NC(=O)[C@H](Cc2ccc(-c3ccccc3C)cc2)NC(=O)[C@H](CC(=O)O)NC(=O)[C@H](CO)NC(=O)[C@@H](NC(=O)[C@](C)(Cc2ccccc2)NC(=O)[C@@H](NC(=O)CNC(=O)[C@H](CC(=O)O)NC(=O)[C@@H](C)NC(=O)[C@@H](N)Cc2cnc[nH]2)[C@@H](C)O)[C@@H](C)O)C(N)=O)cc1. The molecule has 1 heterocycles. The Morgan fingerprint density at radius 2 is 0.962 bits per heavy atom. The number of aliphatic hydroxyl groups excluding tert-OH is 3. The number of benzene rings is 5.